The molecule has 1 unspecified atom stereocenters. The van der Waals surface area contributed by atoms with Crippen molar-refractivity contribution in [3.63, 3.8) is 0 Å². The molecular formula is C20H32N4O2. The van der Waals surface area contributed by atoms with Gasteiger partial charge in [0.05, 0.1) is 13.2 Å². The van der Waals surface area contributed by atoms with Crippen LogP contribution in [0.5, 0.6) is 0 Å². The number of likely N-dealkylation sites (tertiary alicyclic amines) is 1. The smallest absolute Gasteiger partial charge is 0.225 e. The molecule has 26 heavy (non-hydrogen) atoms. The number of benzene rings is 1. The second-order valence-electron chi connectivity index (χ2n) is 7.02. The maximum absolute atomic E-state index is 12.1. The number of carbonyl (C=O) groups excluding carboxylic acids is 1. The summed E-state index contributed by atoms with van der Waals surface area (Å²) in [4.78, 5) is 18.8. The van der Waals surface area contributed by atoms with Gasteiger partial charge in [-0.25, -0.2) is 4.99 Å². The molecule has 1 aliphatic rings. The van der Waals surface area contributed by atoms with Crippen LogP contribution in [0.25, 0.3) is 0 Å². The number of rotatable bonds is 7. The van der Waals surface area contributed by atoms with E-state index in [4.69, 9.17) is 9.73 Å². The number of amides is 1. The standard InChI is InChI=1S/C20H32N4O2/c1-5-21-20(22-12-16-7-6-8-17(11-16)14-26-4)23-18-9-10-24(13-18)19(25)15(2)3/h6-8,11,15,18H,5,9-10,12-14H2,1-4H3,(H2,21,22,23). The van der Waals surface area contributed by atoms with Crippen LogP contribution >= 0.6 is 0 Å². The second-order valence-corrected chi connectivity index (χ2v) is 7.02. The summed E-state index contributed by atoms with van der Waals surface area (Å²) in [5.74, 6) is 1.08. The third kappa shape index (κ3) is 6.02. The molecule has 0 aliphatic carbocycles. The number of hydrogen-bond donors (Lipinski definition) is 2. The third-order valence-electron chi connectivity index (χ3n) is 4.40. The van der Waals surface area contributed by atoms with E-state index in [2.05, 4.69) is 35.8 Å². The Hall–Kier alpha value is -2.08. The summed E-state index contributed by atoms with van der Waals surface area (Å²) in [6.07, 6.45) is 0.951. The molecule has 6 heteroatoms. The van der Waals surface area contributed by atoms with Crippen molar-refractivity contribution in [2.24, 2.45) is 10.9 Å². The van der Waals surface area contributed by atoms with Gasteiger partial charge in [-0.1, -0.05) is 38.1 Å². The number of methoxy groups -OCH3 is 1. The lowest BCUT2D eigenvalue weighted by atomic mass is 10.1. The van der Waals surface area contributed by atoms with E-state index in [-0.39, 0.29) is 17.9 Å². The SMILES string of the molecule is CCNC(=NCc1cccc(COC)c1)NC1CCN(C(=O)C(C)C)C1. The minimum Gasteiger partial charge on any atom is -0.380 e. The van der Waals surface area contributed by atoms with Gasteiger partial charge >= 0.3 is 0 Å². The number of nitrogens with zero attached hydrogens (tertiary/aromatic N) is 2. The minimum atomic E-state index is 0.0510. The normalized spacial score (nSPS) is 17.7. The minimum absolute atomic E-state index is 0.0510. The topological polar surface area (TPSA) is 66.0 Å². The van der Waals surface area contributed by atoms with Crippen molar-refractivity contribution in [3.05, 3.63) is 35.4 Å². The lowest BCUT2D eigenvalue weighted by molar-refractivity contribution is -0.133. The summed E-state index contributed by atoms with van der Waals surface area (Å²) >= 11 is 0. The number of hydrogen-bond acceptors (Lipinski definition) is 3. The molecule has 1 amide bonds. The molecule has 2 N–H and O–H groups in total. The van der Waals surface area contributed by atoms with E-state index in [0.29, 0.717) is 13.2 Å². The molecule has 1 aromatic rings. The first-order valence-corrected chi connectivity index (χ1v) is 9.43. The van der Waals surface area contributed by atoms with Gasteiger partial charge in [0.15, 0.2) is 5.96 Å². The summed E-state index contributed by atoms with van der Waals surface area (Å²) in [7, 11) is 1.70. The molecule has 1 aliphatic heterocycles. The van der Waals surface area contributed by atoms with Gasteiger partial charge in [-0.15, -0.1) is 0 Å². The van der Waals surface area contributed by atoms with Crippen LogP contribution in [0.4, 0.5) is 0 Å². The van der Waals surface area contributed by atoms with E-state index in [1.54, 1.807) is 7.11 Å². The Bertz CT molecular complexity index is 616. The molecule has 1 aromatic carbocycles. The van der Waals surface area contributed by atoms with Crippen LogP contribution in [0, 0.1) is 5.92 Å². The molecule has 0 saturated carbocycles. The Labute approximate surface area is 157 Å². The van der Waals surface area contributed by atoms with E-state index in [1.807, 2.05) is 24.8 Å². The number of guanidine groups is 1. The molecule has 6 nitrogen and oxygen atoms in total. The van der Waals surface area contributed by atoms with Gasteiger partial charge in [0.2, 0.25) is 5.91 Å². The molecule has 2 rings (SSSR count). The van der Waals surface area contributed by atoms with Gasteiger partial charge in [0.25, 0.3) is 0 Å². The molecule has 0 bridgehead atoms. The first-order valence-electron chi connectivity index (χ1n) is 9.43. The Morgan fingerprint density at radius 2 is 2.15 bits per heavy atom. The first kappa shape index (κ1) is 20.2. The molecular weight excluding hydrogens is 328 g/mol. The van der Waals surface area contributed by atoms with Crippen LogP contribution in [0.2, 0.25) is 0 Å². The van der Waals surface area contributed by atoms with Gasteiger partial charge in [0, 0.05) is 38.7 Å². The maximum atomic E-state index is 12.1. The van der Waals surface area contributed by atoms with E-state index in [1.165, 1.54) is 0 Å². The van der Waals surface area contributed by atoms with Crippen molar-refractivity contribution in [1.82, 2.24) is 15.5 Å². The highest BCUT2D eigenvalue weighted by Crippen LogP contribution is 2.13. The lowest BCUT2D eigenvalue weighted by Gasteiger charge is -2.20. The highest BCUT2D eigenvalue weighted by atomic mass is 16.5. The average molecular weight is 361 g/mol. The van der Waals surface area contributed by atoms with E-state index < -0.39 is 0 Å². The van der Waals surface area contributed by atoms with E-state index in [0.717, 1.165) is 43.1 Å². The van der Waals surface area contributed by atoms with Crippen LogP contribution in [-0.2, 0) is 22.7 Å². The molecule has 1 saturated heterocycles. The van der Waals surface area contributed by atoms with Gasteiger partial charge in [-0.3, -0.25) is 4.79 Å². The van der Waals surface area contributed by atoms with Gasteiger partial charge in [-0.2, -0.15) is 0 Å². The Morgan fingerprint density at radius 1 is 1.38 bits per heavy atom. The average Bonchev–Trinajstić information content (AvgIpc) is 3.08. The first-order chi connectivity index (χ1) is 12.5. The van der Waals surface area contributed by atoms with E-state index in [9.17, 15) is 4.79 Å². The highest BCUT2D eigenvalue weighted by Gasteiger charge is 2.27. The predicted molar refractivity (Wildman–Crippen MR) is 105 cm³/mol. The molecule has 144 valence electrons. The van der Waals surface area contributed by atoms with Crippen LogP contribution in [0.15, 0.2) is 29.3 Å². The fraction of sp³-hybridized carbons (Fsp3) is 0.600. The van der Waals surface area contributed by atoms with Crippen LogP contribution in [-0.4, -0.2) is 49.6 Å². The number of carbonyl (C=O) groups is 1. The summed E-state index contributed by atoms with van der Waals surface area (Å²) in [6.45, 7) is 9.53. The van der Waals surface area contributed by atoms with Crippen molar-refractivity contribution in [1.29, 1.82) is 0 Å². The van der Waals surface area contributed by atoms with Crippen LogP contribution in [0.1, 0.15) is 38.3 Å². The highest BCUT2D eigenvalue weighted by molar-refractivity contribution is 5.81. The van der Waals surface area contributed by atoms with Crippen LogP contribution < -0.4 is 10.6 Å². The summed E-state index contributed by atoms with van der Waals surface area (Å²) in [6, 6.07) is 8.53. The molecule has 1 heterocycles. The zero-order chi connectivity index (χ0) is 18.9. The van der Waals surface area contributed by atoms with E-state index >= 15 is 0 Å². The zero-order valence-electron chi connectivity index (χ0n) is 16.4. The van der Waals surface area contributed by atoms with Crippen molar-refractivity contribution < 1.29 is 9.53 Å². The largest absolute Gasteiger partial charge is 0.380 e. The number of aliphatic imine (C=N–C) groups is 1. The predicted octanol–water partition coefficient (Wildman–Crippen LogP) is 2.14. The molecule has 0 radical (unpaired) electrons. The zero-order valence-corrected chi connectivity index (χ0v) is 16.4. The maximum Gasteiger partial charge on any atom is 0.225 e. The van der Waals surface area contributed by atoms with Gasteiger partial charge in [0.1, 0.15) is 0 Å². The van der Waals surface area contributed by atoms with Crippen LogP contribution in [0.3, 0.4) is 0 Å². The molecule has 1 atom stereocenters. The molecule has 0 spiro atoms. The van der Waals surface area contributed by atoms with Crippen molar-refractivity contribution in [3.8, 4) is 0 Å². The fourth-order valence-electron chi connectivity index (χ4n) is 3.11. The summed E-state index contributed by atoms with van der Waals surface area (Å²) in [5, 5.41) is 6.77. The number of ether oxygens (including phenoxy) is 1. The third-order valence-corrected chi connectivity index (χ3v) is 4.40. The van der Waals surface area contributed by atoms with Gasteiger partial charge in [-0.05, 0) is 24.5 Å². The monoisotopic (exact) mass is 360 g/mol. The number of nitrogens with one attached hydrogen (secondary N) is 2. The second kappa shape index (κ2) is 10.2. The fourth-order valence-corrected chi connectivity index (χ4v) is 3.11. The van der Waals surface area contributed by atoms with Crippen molar-refractivity contribution >= 4 is 11.9 Å². The Balaban J connectivity index is 1.95. The summed E-state index contributed by atoms with van der Waals surface area (Å²) < 4.78 is 5.19. The molecule has 1 fully saturated rings. The lowest BCUT2D eigenvalue weighted by Crippen LogP contribution is -2.45. The van der Waals surface area contributed by atoms with Crippen molar-refractivity contribution in [2.75, 3.05) is 26.7 Å². The Kier molecular flexibility index (Phi) is 7.91. The van der Waals surface area contributed by atoms with Crippen molar-refractivity contribution in [2.45, 2.75) is 46.4 Å². The van der Waals surface area contributed by atoms with Gasteiger partial charge < -0.3 is 20.3 Å². The molecule has 0 aromatic heterocycles. The Morgan fingerprint density at radius 3 is 2.85 bits per heavy atom. The summed E-state index contributed by atoms with van der Waals surface area (Å²) in [5.41, 5.74) is 2.30. The quantitative estimate of drug-likeness (QED) is 0.578.